The lowest BCUT2D eigenvalue weighted by Crippen LogP contribution is -2.52. The molecule has 1 aromatic rings. The quantitative estimate of drug-likeness (QED) is 0.651. The Morgan fingerprint density at radius 1 is 1.47 bits per heavy atom. The summed E-state index contributed by atoms with van der Waals surface area (Å²) in [4.78, 5) is 14.7. The Bertz CT molecular complexity index is 539. The van der Waals surface area contributed by atoms with Crippen molar-refractivity contribution in [3.05, 3.63) is 18.3 Å². The van der Waals surface area contributed by atoms with Gasteiger partial charge in [0.15, 0.2) is 0 Å². The van der Waals surface area contributed by atoms with Crippen LogP contribution in [0.5, 0.6) is 0 Å². The summed E-state index contributed by atoms with van der Waals surface area (Å²) >= 11 is 0. The number of nitrogens with one attached hydrogen (secondary N) is 1. The van der Waals surface area contributed by atoms with Gasteiger partial charge in [-0.1, -0.05) is 0 Å². The second-order valence-corrected chi connectivity index (χ2v) is 5.69. The lowest BCUT2D eigenvalue weighted by atomic mass is 10.1. The fraction of sp³-hybridized carbons (Fsp3) is 0.333. The number of nitrogen functional groups attached to an aromatic ring is 1. The highest BCUT2D eigenvalue weighted by molar-refractivity contribution is 7.89. The van der Waals surface area contributed by atoms with Gasteiger partial charge >= 0.3 is 0 Å². The minimum absolute atomic E-state index is 0.0701. The van der Waals surface area contributed by atoms with Crippen molar-refractivity contribution in [3.63, 3.8) is 0 Å². The van der Waals surface area contributed by atoms with Crippen LogP contribution in [0.25, 0.3) is 0 Å². The van der Waals surface area contributed by atoms with E-state index in [1.54, 1.807) is 0 Å². The molecule has 0 saturated heterocycles. The highest BCUT2D eigenvalue weighted by atomic mass is 32.2. The number of primary amides is 1. The van der Waals surface area contributed by atoms with Crippen molar-refractivity contribution < 1.29 is 13.2 Å². The molecule has 0 bridgehead atoms. The maximum absolute atomic E-state index is 11.9. The topological polar surface area (TPSA) is 128 Å². The van der Waals surface area contributed by atoms with Crippen LogP contribution < -0.4 is 16.2 Å². The second kappa shape index (κ2) is 4.30. The van der Waals surface area contributed by atoms with Gasteiger partial charge in [-0.15, -0.1) is 0 Å². The summed E-state index contributed by atoms with van der Waals surface area (Å²) in [6.07, 6.45) is 1.27. The monoisotopic (exact) mass is 258 g/mol. The molecule has 0 saturated carbocycles. The summed E-state index contributed by atoms with van der Waals surface area (Å²) in [5, 5.41) is 0. The fourth-order valence-corrected chi connectivity index (χ4v) is 2.45. The van der Waals surface area contributed by atoms with E-state index in [-0.39, 0.29) is 10.7 Å². The maximum atomic E-state index is 11.9. The van der Waals surface area contributed by atoms with Crippen molar-refractivity contribution in [2.24, 2.45) is 5.73 Å². The fourth-order valence-electron chi connectivity index (χ4n) is 1.04. The zero-order valence-corrected chi connectivity index (χ0v) is 10.3. The van der Waals surface area contributed by atoms with Gasteiger partial charge in [-0.25, -0.2) is 13.4 Å². The van der Waals surface area contributed by atoms with Crippen LogP contribution in [-0.2, 0) is 14.8 Å². The van der Waals surface area contributed by atoms with E-state index in [4.69, 9.17) is 11.5 Å². The molecule has 0 spiro atoms. The third-order valence-corrected chi connectivity index (χ3v) is 3.72. The van der Waals surface area contributed by atoms with Gasteiger partial charge in [-0.3, -0.25) is 4.79 Å². The molecule has 0 radical (unpaired) electrons. The van der Waals surface area contributed by atoms with Crippen LogP contribution in [0, 0.1) is 0 Å². The van der Waals surface area contributed by atoms with Gasteiger partial charge in [-0.2, -0.15) is 4.72 Å². The molecular weight excluding hydrogens is 244 g/mol. The molecule has 0 aliphatic heterocycles. The van der Waals surface area contributed by atoms with E-state index in [2.05, 4.69) is 9.71 Å². The predicted molar refractivity (Wildman–Crippen MR) is 62.2 cm³/mol. The molecule has 0 aliphatic carbocycles. The van der Waals surface area contributed by atoms with Crippen LogP contribution in [0.4, 0.5) is 5.82 Å². The number of carbonyl (C=O) groups is 1. The Hall–Kier alpha value is -1.67. The highest BCUT2D eigenvalue weighted by Crippen LogP contribution is 2.13. The molecule has 0 aliphatic rings. The number of aromatic nitrogens is 1. The van der Waals surface area contributed by atoms with Crippen LogP contribution >= 0.6 is 0 Å². The van der Waals surface area contributed by atoms with Gasteiger partial charge in [0.1, 0.15) is 11.4 Å². The molecule has 8 heteroatoms. The number of rotatable bonds is 4. The van der Waals surface area contributed by atoms with E-state index < -0.39 is 21.5 Å². The molecule has 0 unspecified atom stereocenters. The number of sulfonamides is 1. The lowest BCUT2D eigenvalue weighted by molar-refractivity contribution is -0.122. The number of nitrogens with two attached hydrogens (primary N) is 2. The first-order chi connectivity index (χ1) is 7.65. The normalized spacial score (nSPS) is 12.4. The average Bonchev–Trinajstić information content (AvgIpc) is 2.15. The number of hydrogen-bond donors (Lipinski definition) is 3. The molecule has 0 aromatic carbocycles. The highest BCUT2D eigenvalue weighted by Gasteiger charge is 2.31. The Balaban J connectivity index is 3.10. The van der Waals surface area contributed by atoms with Crippen molar-refractivity contribution in [2.75, 3.05) is 5.73 Å². The summed E-state index contributed by atoms with van der Waals surface area (Å²) in [6.45, 7) is 2.74. The number of hydrogen-bond acceptors (Lipinski definition) is 5. The lowest BCUT2D eigenvalue weighted by Gasteiger charge is -2.21. The van der Waals surface area contributed by atoms with Gasteiger partial charge in [0.2, 0.25) is 15.9 Å². The predicted octanol–water partition coefficient (Wildman–Crippen LogP) is -0.794. The van der Waals surface area contributed by atoms with Crippen molar-refractivity contribution in [2.45, 2.75) is 24.3 Å². The smallest absolute Gasteiger partial charge is 0.241 e. The van der Waals surface area contributed by atoms with Gasteiger partial charge < -0.3 is 11.5 Å². The van der Waals surface area contributed by atoms with E-state index in [1.165, 1.54) is 32.2 Å². The van der Waals surface area contributed by atoms with Crippen molar-refractivity contribution in [1.82, 2.24) is 9.71 Å². The summed E-state index contributed by atoms with van der Waals surface area (Å²) < 4.78 is 26.0. The molecule has 17 heavy (non-hydrogen) atoms. The van der Waals surface area contributed by atoms with Gasteiger partial charge in [-0.05, 0) is 19.9 Å². The van der Waals surface area contributed by atoms with E-state index in [0.717, 1.165) is 0 Å². The summed E-state index contributed by atoms with van der Waals surface area (Å²) in [7, 11) is -3.86. The van der Waals surface area contributed by atoms with E-state index >= 15 is 0 Å². The molecule has 0 fully saturated rings. The molecule has 1 heterocycles. The largest absolute Gasteiger partial charge is 0.384 e. The summed E-state index contributed by atoms with van der Waals surface area (Å²) in [6, 6.07) is 2.47. The van der Waals surface area contributed by atoms with E-state index in [9.17, 15) is 13.2 Å². The van der Waals surface area contributed by atoms with Crippen LogP contribution in [0.2, 0.25) is 0 Å². The van der Waals surface area contributed by atoms with Gasteiger partial charge in [0, 0.05) is 12.3 Å². The molecule has 1 aromatic heterocycles. The third-order valence-electron chi connectivity index (χ3n) is 2.07. The van der Waals surface area contributed by atoms with Crippen LogP contribution in [0.1, 0.15) is 13.8 Å². The van der Waals surface area contributed by atoms with Crippen molar-refractivity contribution in [3.8, 4) is 0 Å². The molecule has 7 nitrogen and oxygen atoms in total. The van der Waals surface area contributed by atoms with E-state index in [1.807, 2.05) is 0 Å². The summed E-state index contributed by atoms with van der Waals surface area (Å²) in [5.74, 6) is -0.701. The number of pyridine rings is 1. The molecule has 1 amide bonds. The Kier molecular flexibility index (Phi) is 3.39. The molecule has 94 valence electrons. The third kappa shape index (κ3) is 3.14. The van der Waals surface area contributed by atoms with Crippen LogP contribution in [-0.4, -0.2) is 24.8 Å². The first kappa shape index (κ1) is 13.4. The first-order valence-corrected chi connectivity index (χ1v) is 6.19. The second-order valence-electron chi connectivity index (χ2n) is 4.01. The number of carbonyl (C=O) groups excluding carboxylic acids is 1. The standard InChI is InChI=1S/C9H14N4O3S/c1-9(2,8(11)14)13-17(15,16)6-3-4-12-7(10)5-6/h3-5,13H,1-2H3,(H2,10,12)(H2,11,14). The minimum Gasteiger partial charge on any atom is -0.384 e. The maximum Gasteiger partial charge on any atom is 0.241 e. The van der Waals surface area contributed by atoms with Crippen molar-refractivity contribution in [1.29, 1.82) is 0 Å². The molecule has 0 atom stereocenters. The van der Waals surface area contributed by atoms with Crippen LogP contribution in [0.15, 0.2) is 23.2 Å². The van der Waals surface area contributed by atoms with E-state index in [0.29, 0.717) is 0 Å². The zero-order valence-electron chi connectivity index (χ0n) is 9.47. The molecule has 1 rings (SSSR count). The zero-order chi connectivity index (χ0) is 13.3. The Labute approximate surface area is 99.3 Å². The summed E-state index contributed by atoms with van der Waals surface area (Å²) in [5.41, 5.74) is 9.09. The first-order valence-electron chi connectivity index (χ1n) is 4.70. The van der Waals surface area contributed by atoms with Gasteiger partial charge in [0.25, 0.3) is 0 Å². The Morgan fingerprint density at radius 3 is 2.53 bits per heavy atom. The molecular formula is C9H14N4O3S. The molecule has 5 N–H and O–H groups in total. The SMILES string of the molecule is CC(C)(NS(=O)(=O)c1ccnc(N)c1)C(N)=O. The Morgan fingerprint density at radius 2 is 2.06 bits per heavy atom. The number of amides is 1. The average molecular weight is 258 g/mol. The van der Waals surface area contributed by atoms with Gasteiger partial charge in [0.05, 0.1) is 4.90 Å². The minimum atomic E-state index is -3.86. The number of nitrogens with zero attached hydrogens (tertiary/aromatic N) is 1. The van der Waals surface area contributed by atoms with Crippen molar-refractivity contribution >= 4 is 21.7 Å². The van der Waals surface area contributed by atoms with Crippen LogP contribution in [0.3, 0.4) is 0 Å². The number of anilines is 1.